The smallest absolute Gasteiger partial charge is 0.123 e. The van der Waals surface area contributed by atoms with Crippen molar-refractivity contribution >= 4 is 28.7 Å². The minimum Gasteiger partial charge on any atom is -0.370 e. The predicted molar refractivity (Wildman–Crippen MR) is 124 cm³/mol. The Kier molecular flexibility index (Phi) is 10.3. The minimum absolute atomic E-state index is 0.409. The number of methoxy groups -OCH3 is 1. The van der Waals surface area contributed by atoms with Gasteiger partial charge in [-0.15, -0.1) is 11.3 Å². The molecule has 6 heteroatoms. The molecule has 0 aliphatic heterocycles. The van der Waals surface area contributed by atoms with Gasteiger partial charge in [-0.25, -0.2) is 4.98 Å². The molecule has 0 aromatic carbocycles. The molecule has 0 amide bonds. The number of ether oxygens (including phenoxy) is 2. The second kappa shape index (κ2) is 12.7. The molecule has 0 fully saturated rings. The maximum atomic E-state index is 5.71. The number of allylic oxidation sites excluding steroid dienone is 1. The molecule has 0 spiro atoms. The van der Waals surface area contributed by atoms with Crippen LogP contribution < -0.4 is 0 Å². The Morgan fingerprint density at radius 1 is 1.28 bits per heavy atom. The van der Waals surface area contributed by atoms with Gasteiger partial charge >= 0.3 is 0 Å². The van der Waals surface area contributed by atoms with Gasteiger partial charge in [-0.3, -0.25) is 4.90 Å². The van der Waals surface area contributed by atoms with E-state index in [1.54, 1.807) is 29.8 Å². The summed E-state index contributed by atoms with van der Waals surface area (Å²) < 4.78 is 11.0. The third kappa shape index (κ3) is 9.53. The maximum Gasteiger partial charge on any atom is 0.123 e. The fourth-order valence-electron chi connectivity index (χ4n) is 2.32. The van der Waals surface area contributed by atoms with Gasteiger partial charge in [-0.2, -0.15) is 11.3 Å². The van der Waals surface area contributed by atoms with E-state index in [1.165, 1.54) is 5.56 Å². The topological polar surface area (TPSA) is 34.6 Å². The van der Waals surface area contributed by atoms with E-state index in [9.17, 15) is 0 Å². The lowest BCUT2D eigenvalue weighted by Gasteiger charge is -2.16. The lowest BCUT2D eigenvalue weighted by molar-refractivity contribution is 0.0742. The number of likely N-dealkylation sites (N-methyl/N-ethyl adjacent to an activating group) is 1. The van der Waals surface area contributed by atoms with E-state index in [0.29, 0.717) is 13.2 Å². The quantitative estimate of drug-likeness (QED) is 0.361. The summed E-state index contributed by atoms with van der Waals surface area (Å²) in [4.78, 5) is 7.02. The van der Waals surface area contributed by atoms with E-state index in [0.717, 1.165) is 30.3 Å². The number of hydrogen-bond donors (Lipinski definition) is 0. The first-order valence-electron chi connectivity index (χ1n) is 9.67. The molecule has 0 atom stereocenters. The Balaban J connectivity index is 1.72. The Morgan fingerprint density at radius 2 is 2.14 bits per heavy atom. The minimum atomic E-state index is -0.409. The third-order valence-corrected chi connectivity index (χ3v) is 5.75. The van der Waals surface area contributed by atoms with E-state index >= 15 is 0 Å². The van der Waals surface area contributed by atoms with Gasteiger partial charge in [-0.05, 0) is 48.9 Å². The first-order chi connectivity index (χ1) is 14.0. The van der Waals surface area contributed by atoms with Crippen molar-refractivity contribution in [2.75, 3.05) is 26.8 Å². The Morgan fingerprint density at radius 3 is 2.86 bits per heavy atom. The molecular weight excluding hydrogens is 400 g/mol. The van der Waals surface area contributed by atoms with Crippen LogP contribution in [0.4, 0.5) is 0 Å². The molecule has 2 aromatic rings. The lowest BCUT2D eigenvalue weighted by Crippen LogP contribution is -2.23. The van der Waals surface area contributed by atoms with Crippen LogP contribution in [0.15, 0.2) is 40.4 Å². The lowest BCUT2D eigenvalue weighted by atomic mass is 10.1. The van der Waals surface area contributed by atoms with Gasteiger partial charge in [-0.1, -0.05) is 37.0 Å². The number of thiazole rings is 1. The second-order valence-electron chi connectivity index (χ2n) is 6.92. The van der Waals surface area contributed by atoms with Gasteiger partial charge in [0.15, 0.2) is 0 Å². The molecule has 4 nitrogen and oxygen atoms in total. The van der Waals surface area contributed by atoms with Crippen molar-refractivity contribution in [3.8, 4) is 11.8 Å². The summed E-state index contributed by atoms with van der Waals surface area (Å²) in [5.74, 6) is 6.13. The number of aromatic nitrogens is 1. The number of nitrogens with zero attached hydrogens (tertiary/aromatic N) is 2. The first kappa shape index (κ1) is 23.5. The van der Waals surface area contributed by atoms with Crippen LogP contribution in [0.2, 0.25) is 0 Å². The van der Waals surface area contributed by atoms with Crippen LogP contribution in [0.1, 0.15) is 37.0 Å². The zero-order chi connectivity index (χ0) is 21.0. The number of rotatable bonds is 11. The highest BCUT2D eigenvalue weighted by Gasteiger charge is 2.10. The van der Waals surface area contributed by atoms with Crippen molar-refractivity contribution < 1.29 is 9.47 Å². The predicted octanol–water partition coefficient (Wildman–Crippen LogP) is 5.24. The van der Waals surface area contributed by atoms with Crippen LogP contribution >= 0.6 is 22.7 Å². The normalized spacial score (nSPS) is 12.2. The summed E-state index contributed by atoms with van der Waals surface area (Å²) in [5, 5.41) is 7.32. The molecule has 0 bridgehead atoms. The van der Waals surface area contributed by atoms with Crippen molar-refractivity contribution in [3.63, 3.8) is 0 Å². The van der Waals surface area contributed by atoms with Gasteiger partial charge in [0.05, 0.1) is 18.9 Å². The molecule has 156 valence electrons. The van der Waals surface area contributed by atoms with Crippen molar-refractivity contribution in [3.05, 3.63) is 56.7 Å². The summed E-state index contributed by atoms with van der Waals surface area (Å²) >= 11 is 3.35. The fraction of sp³-hybridized carbons (Fsp3) is 0.435. The van der Waals surface area contributed by atoms with Crippen LogP contribution in [0.5, 0.6) is 0 Å². The summed E-state index contributed by atoms with van der Waals surface area (Å²) in [6.45, 7) is 9.84. The SMILES string of the molecule is CCN(C/C=C/C#CC(C)(C)OC)Cc1csc(COC/C=C/c2ccsc2)n1. The van der Waals surface area contributed by atoms with Crippen molar-refractivity contribution in [2.24, 2.45) is 0 Å². The number of hydrogen-bond acceptors (Lipinski definition) is 6. The summed E-state index contributed by atoms with van der Waals surface area (Å²) in [5.41, 5.74) is 1.90. The largest absolute Gasteiger partial charge is 0.370 e. The summed E-state index contributed by atoms with van der Waals surface area (Å²) in [6.07, 6.45) is 8.10. The molecule has 2 rings (SSSR count). The molecule has 0 radical (unpaired) electrons. The average Bonchev–Trinajstić information content (AvgIpc) is 3.38. The molecule has 0 saturated carbocycles. The average molecular weight is 431 g/mol. The van der Waals surface area contributed by atoms with Crippen molar-refractivity contribution in [2.45, 2.75) is 39.5 Å². The molecule has 0 unspecified atom stereocenters. The molecule has 2 aromatic heterocycles. The van der Waals surface area contributed by atoms with Crippen molar-refractivity contribution in [1.29, 1.82) is 0 Å². The van der Waals surface area contributed by atoms with Gasteiger partial charge in [0.25, 0.3) is 0 Å². The highest BCUT2D eigenvalue weighted by molar-refractivity contribution is 7.09. The van der Waals surface area contributed by atoms with Gasteiger partial charge in [0.2, 0.25) is 0 Å². The van der Waals surface area contributed by atoms with Crippen LogP contribution in [-0.4, -0.2) is 42.3 Å². The fourth-order valence-corrected chi connectivity index (χ4v) is 3.67. The van der Waals surface area contributed by atoms with Crippen molar-refractivity contribution in [1.82, 2.24) is 9.88 Å². The Bertz CT molecular complexity index is 827. The second-order valence-corrected chi connectivity index (χ2v) is 8.64. The molecule has 0 N–H and O–H groups in total. The van der Waals surface area contributed by atoms with Crippen LogP contribution in [0, 0.1) is 11.8 Å². The summed E-state index contributed by atoms with van der Waals surface area (Å²) in [7, 11) is 1.67. The van der Waals surface area contributed by atoms with Gasteiger partial charge in [0, 0.05) is 25.6 Å². The molecular formula is C23H30N2O2S2. The molecule has 2 heterocycles. The maximum absolute atomic E-state index is 5.71. The summed E-state index contributed by atoms with van der Waals surface area (Å²) in [6, 6.07) is 2.09. The first-order valence-corrected chi connectivity index (χ1v) is 11.5. The van der Waals surface area contributed by atoms with Crippen LogP contribution in [0.3, 0.4) is 0 Å². The molecule has 0 saturated heterocycles. The highest BCUT2D eigenvalue weighted by atomic mass is 32.1. The molecule has 0 aliphatic carbocycles. The standard InChI is InChI=1S/C23H30N2O2S2/c1-5-25(13-8-6-7-12-23(2,3)26-4)16-21-19-29-22(24-21)17-27-14-9-10-20-11-15-28-18-20/h6,8-11,15,18-19H,5,13-14,16-17H2,1-4H3/b8-6+,10-9+. The number of thiophene rings is 1. The van der Waals surface area contributed by atoms with E-state index < -0.39 is 5.60 Å². The van der Waals surface area contributed by atoms with E-state index in [1.807, 2.05) is 26.0 Å². The Hall–Kier alpha value is -1.75. The highest BCUT2D eigenvalue weighted by Crippen LogP contribution is 2.13. The van der Waals surface area contributed by atoms with Gasteiger partial charge in [0.1, 0.15) is 10.6 Å². The zero-order valence-electron chi connectivity index (χ0n) is 17.7. The van der Waals surface area contributed by atoms with Crippen LogP contribution in [-0.2, 0) is 22.6 Å². The van der Waals surface area contributed by atoms with E-state index in [4.69, 9.17) is 14.5 Å². The third-order valence-electron chi connectivity index (χ3n) is 4.17. The monoisotopic (exact) mass is 430 g/mol. The van der Waals surface area contributed by atoms with E-state index in [2.05, 4.69) is 58.0 Å². The van der Waals surface area contributed by atoms with E-state index in [-0.39, 0.29) is 0 Å². The zero-order valence-corrected chi connectivity index (χ0v) is 19.3. The van der Waals surface area contributed by atoms with Crippen LogP contribution in [0.25, 0.3) is 6.08 Å². The molecule has 29 heavy (non-hydrogen) atoms. The van der Waals surface area contributed by atoms with Gasteiger partial charge < -0.3 is 9.47 Å². The molecule has 0 aliphatic rings. The Labute approximate surface area is 182 Å².